The third-order valence-corrected chi connectivity index (χ3v) is 2.92. The third kappa shape index (κ3) is 4.82. The van der Waals surface area contributed by atoms with Crippen molar-refractivity contribution >= 4 is 66.2 Å². The number of nitrogens with zero attached hydrogens (tertiary/aromatic N) is 1. The maximum absolute atomic E-state index is 12.1. The van der Waals surface area contributed by atoms with Gasteiger partial charge in [0.2, 0.25) is 0 Å². The molecular formula is C13H20Cl2N2O2Sn. The van der Waals surface area contributed by atoms with Crippen molar-refractivity contribution in [1.82, 2.24) is 5.43 Å². The van der Waals surface area contributed by atoms with Crippen LogP contribution in [-0.2, 0) is 9.59 Å². The number of unbranched alkanes of at least 4 members (excludes halogenated alkanes) is 1. The molecule has 0 saturated carbocycles. The van der Waals surface area contributed by atoms with Gasteiger partial charge in [0, 0.05) is 0 Å². The number of rotatable bonds is 4. The average molecular weight is 426 g/mol. The van der Waals surface area contributed by atoms with E-state index in [4.69, 9.17) is 0 Å². The van der Waals surface area contributed by atoms with Gasteiger partial charge in [-0.05, 0) is 18.6 Å². The molecule has 112 valence electrons. The molecule has 0 aliphatic carbocycles. The van der Waals surface area contributed by atoms with E-state index < -0.39 is 5.92 Å². The van der Waals surface area contributed by atoms with Crippen molar-refractivity contribution in [2.24, 2.45) is 5.92 Å². The van der Waals surface area contributed by atoms with Gasteiger partial charge in [-0.2, -0.15) is 0 Å². The quantitative estimate of drug-likeness (QED) is 0.590. The summed E-state index contributed by atoms with van der Waals surface area (Å²) in [5.74, 6) is -0.850. The Labute approximate surface area is 148 Å². The van der Waals surface area contributed by atoms with Crippen molar-refractivity contribution in [3.8, 4) is 0 Å². The standard InChI is InChI=1S/C13H16N2O2.2ClH.Sn.2H/c1-2-3-9-11-12(16)14-15(13(11)17)10-7-5-4-6-8-10;;;;;/h4-8,11H,2-3,9H2,1H3,(H,14,16);2*1H;;;. The molecule has 2 radical (unpaired) electrons. The van der Waals surface area contributed by atoms with Gasteiger partial charge < -0.3 is 0 Å². The fourth-order valence-electron chi connectivity index (χ4n) is 1.94. The van der Waals surface area contributed by atoms with Crippen molar-refractivity contribution in [2.75, 3.05) is 5.01 Å². The Bertz CT molecular complexity index is 432. The second-order valence-electron chi connectivity index (χ2n) is 4.18. The zero-order valence-corrected chi connectivity index (χ0v) is 17.0. The molecule has 1 aromatic carbocycles. The van der Waals surface area contributed by atoms with Gasteiger partial charge in [0.25, 0.3) is 11.8 Å². The molecule has 1 atom stereocenters. The molecule has 1 heterocycles. The number of anilines is 1. The molecule has 1 N–H and O–H groups in total. The summed E-state index contributed by atoms with van der Waals surface area (Å²) in [6.07, 6.45) is 2.51. The van der Waals surface area contributed by atoms with E-state index >= 15 is 0 Å². The van der Waals surface area contributed by atoms with Crippen molar-refractivity contribution < 1.29 is 9.59 Å². The first kappa shape index (κ1) is 21.8. The van der Waals surface area contributed by atoms with Crippen LogP contribution in [0.4, 0.5) is 5.69 Å². The van der Waals surface area contributed by atoms with Crippen molar-refractivity contribution in [2.45, 2.75) is 26.2 Å². The van der Waals surface area contributed by atoms with Crippen LogP contribution in [0.2, 0.25) is 0 Å². The van der Waals surface area contributed by atoms with Gasteiger partial charge in [0.1, 0.15) is 5.92 Å². The average Bonchev–Trinajstić information content (AvgIpc) is 2.64. The Morgan fingerprint density at radius 2 is 1.75 bits per heavy atom. The Balaban J connectivity index is 0. The number of hydrazine groups is 1. The summed E-state index contributed by atoms with van der Waals surface area (Å²) < 4.78 is 0. The molecule has 1 saturated heterocycles. The number of amides is 2. The summed E-state index contributed by atoms with van der Waals surface area (Å²) in [5.41, 5.74) is 3.34. The predicted octanol–water partition coefficient (Wildman–Crippen LogP) is 1.80. The number of benzene rings is 1. The van der Waals surface area contributed by atoms with Crippen molar-refractivity contribution in [3.05, 3.63) is 30.3 Å². The maximum atomic E-state index is 12.1. The number of carbonyl (C=O) groups is 2. The number of carbonyl (C=O) groups excluding carboxylic acids is 2. The zero-order chi connectivity index (χ0) is 12.3. The molecular weight excluding hydrogens is 406 g/mol. The minimum absolute atomic E-state index is 0. The van der Waals surface area contributed by atoms with Gasteiger partial charge in [-0.25, -0.2) is 5.01 Å². The first-order chi connectivity index (χ1) is 8.24. The monoisotopic (exact) mass is 426 g/mol. The van der Waals surface area contributed by atoms with Crippen LogP contribution in [0.15, 0.2) is 30.3 Å². The number of para-hydroxylation sites is 1. The van der Waals surface area contributed by atoms with E-state index in [1.165, 1.54) is 5.01 Å². The summed E-state index contributed by atoms with van der Waals surface area (Å²) >= 11 is 0. The second kappa shape index (κ2) is 10.3. The summed E-state index contributed by atoms with van der Waals surface area (Å²) in [6.45, 7) is 2.05. The zero-order valence-electron chi connectivity index (χ0n) is 11.4. The Morgan fingerprint density at radius 3 is 2.30 bits per heavy atom. The van der Waals surface area contributed by atoms with Gasteiger partial charge in [-0.3, -0.25) is 15.0 Å². The Kier molecular flexibility index (Phi) is 11.2. The molecule has 2 amide bonds. The summed E-state index contributed by atoms with van der Waals surface area (Å²) in [7, 11) is 0. The molecule has 0 bridgehead atoms. The summed E-state index contributed by atoms with van der Waals surface area (Å²) in [4.78, 5) is 23.8. The van der Waals surface area contributed by atoms with Crippen LogP contribution in [0.3, 0.4) is 0 Å². The first-order valence-electron chi connectivity index (χ1n) is 5.93. The van der Waals surface area contributed by atoms with Crippen LogP contribution in [0.25, 0.3) is 0 Å². The topological polar surface area (TPSA) is 49.4 Å². The Hall–Kier alpha value is -0.461. The minimum atomic E-state index is -0.518. The van der Waals surface area contributed by atoms with E-state index in [9.17, 15) is 9.59 Å². The van der Waals surface area contributed by atoms with Crippen LogP contribution in [-0.4, -0.2) is 35.7 Å². The molecule has 1 aromatic rings. The van der Waals surface area contributed by atoms with Crippen LogP contribution in [0, 0.1) is 5.92 Å². The third-order valence-electron chi connectivity index (χ3n) is 2.92. The fraction of sp³-hybridized carbons (Fsp3) is 0.385. The van der Waals surface area contributed by atoms with E-state index in [2.05, 4.69) is 5.43 Å². The molecule has 0 spiro atoms. The molecule has 20 heavy (non-hydrogen) atoms. The van der Waals surface area contributed by atoms with Crippen LogP contribution in [0.1, 0.15) is 26.2 Å². The van der Waals surface area contributed by atoms with Gasteiger partial charge in [-0.15, -0.1) is 24.8 Å². The van der Waals surface area contributed by atoms with Crippen LogP contribution in [0.5, 0.6) is 0 Å². The van der Waals surface area contributed by atoms with E-state index in [0.29, 0.717) is 12.1 Å². The predicted molar refractivity (Wildman–Crippen MR) is 88.1 cm³/mol. The van der Waals surface area contributed by atoms with Gasteiger partial charge in [0.15, 0.2) is 0 Å². The molecule has 2 rings (SSSR count). The van der Waals surface area contributed by atoms with Crippen molar-refractivity contribution in [1.29, 1.82) is 0 Å². The van der Waals surface area contributed by atoms with Crippen molar-refractivity contribution in [3.63, 3.8) is 0 Å². The fourth-order valence-corrected chi connectivity index (χ4v) is 1.94. The molecule has 1 aliphatic rings. The molecule has 7 heteroatoms. The first-order valence-corrected chi connectivity index (χ1v) is 5.93. The summed E-state index contributed by atoms with van der Waals surface area (Å²) in [5, 5.41) is 1.35. The number of hydrogen-bond donors (Lipinski definition) is 1. The van der Waals surface area contributed by atoms with E-state index in [1.54, 1.807) is 12.1 Å². The number of hydrogen-bond acceptors (Lipinski definition) is 2. The molecule has 1 aliphatic heterocycles. The Morgan fingerprint density at radius 1 is 1.15 bits per heavy atom. The molecule has 0 aromatic heterocycles. The number of nitrogens with one attached hydrogen (secondary N) is 1. The van der Waals surface area contributed by atoms with Gasteiger partial charge in [-0.1, -0.05) is 38.0 Å². The summed E-state index contributed by atoms with van der Waals surface area (Å²) in [6, 6.07) is 9.17. The van der Waals surface area contributed by atoms with Gasteiger partial charge >= 0.3 is 23.9 Å². The molecule has 1 unspecified atom stereocenters. The molecule has 1 fully saturated rings. The van der Waals surface area contributed by atoms with E-state index in [0.717, 1.165) is 12.8 Å². The normalized spacial score (nSPS) is 16.6. The van der Waals surface area contributed by atoms with Gasteiger partial charge in [0.05, 0.1) is 5.69 Å². The second-order valence-corrected chi connectivity index (χ2v) is 4.18. The number of halogens is 2. The van der Waals surface area contributed by atoms with Crippen LogP contribution >= 0.6 is 24.8 Å². The molecule has 4 nitrogen and oxygen atoms in total. The van der Waals surface area contributed by atoms with Crippen LogP contribution < -0.4 is 10.4 Å². The SMILES string of the molecule is CCCCC1C(=O)NN(c2ccccc2)C1=O.Cl.Cl.[SnH2]. The van der Waals surface area contributed by atoms with E-state index in [1.807, 2.05) is 25.1 Å². The van der Waals surface area contributed by atoms with E-state index in [-0.39, 0.29) is 60.5 Å².